The van der Waals surface area contributed by atoms with Crippen LogP contribution in [-0.2, 0) is 17.9 Å². The minimum atomic E-state index is -0.228. The first kappa shape index (κ1) is 27.8. The Balaban J connectivity index is 1.81. The topological polar surface area (TPSA) is 45.6 Å². The van der Waals surface area contributed by atoms with E-state index in [9.17, 15) is 9.59 Å². The quantitative estimate of drug-likeness (QED) is 0.281. The van der Waals surface area contributed by atoms with Crippen LogP contribution in [0.25, 0.3) is 0 Å². The average Bonchev–Trinajstić information content (AvgIpc) is 3.25. The third-order valence-corrected chi connectivity index (χ3v) is 6.51. The summed E-state index contributed by atoms with van der Waals surface area (Å²) in [5, 5.41) is 1.11. The highest BCUT2D eigenvalue weighted by Crippen LogP contribution is 2.20. The zero-order valence-electron chi connectivity index (χ0n) is 21.5. The van der Waals surface area contributed by atoms with Gasteiger partial charge in [0.05, 0.1) is 17.1 Å². The van der Waals surface area contributed by atoms with Gasteiger partial charge in [0.1, 0.15) is 6.54 Å². The van der Waals surface area contributed by atoms with Gasteiger partial charge in [0.2, 0.25) is 5.91 Å². The molecular formula is C29H35Cl2N3O2. The van der Waals surface area contributed by atoms with Crippen LogP contribution in [0.15, 0.2) is 66.9 Å². The van der Waals surface area contributed by atoms with E-state index >= 15 is 0 Å². The molecule has 0 saturated carbocycles. The van der Waals surface area contributed by atoms with Gasteiger partial charge in [-0.05, 0) is 47.7 Å². The third kappa shape index (κ3) is 7.62. The van der Waals surface area contributed by atoms with E-state index in [-0.39, 0.29) is 30.2 Å². The van der Waals surface area contributed by atoms with Crippen molar-refractivity contribution in [3.63, 3.8) is 0 Å². The van der Waals surface area contributed by atoms with E-state index in [1.807, 2.05) is 61.3 Å². The minimum Gasteiger partial charge on any atom is -0.345 e. The van der Waals surface area contributed by atoms with Crippen molar-refractivity contribution in [3.05, 3.63) is 93.7 Å². The van der Waals surface area contributed by atoms with Gasteiger partial charge in [-0.2, -0.15) is 0 Å². The molecule has 0 N–H and O–H groups in total. The monoisotopic (exact) mass is 527 g/mol. The zero-order valence-corrected chi connectivity index (χ0v) is 23.0. The summed E-state index contributed by atoms with van der Waals surface area (Å²) in [6.07, 6.45) is 2.00. The summed E-state index contributed by atoms with van der Waals surface area (Å²) in [6.45, 7) is 10.4. The van der Waals surface area contributed by atoms with Crippen molar-refractivity contribution in [1.82, 2.24) is 14.4 Å². The van der Waals surface area contributed by atoms with Crippen LogP contribution in [0.1, 0.15) is 49.3 Å². The van der Waals surface area contributed by atoms with Crippen molar-refractivity contribution in [2.75, 3.05) is 19.6 Å². The summed E-state index contributed by atoms with van der Waals surface area (Å²) in [4.78, 5) is 30.4. The molecule has 0 radical (unpaired) electrons. The first-order valence-electron chi connectivity index (χ1n) is 12.3. The number of amides is 2. The fourth-order valence-corrected chi connectivity index (χ4v) is 4.59. The molecule has 3 rings (SSSR count). The summed E-state index contributed by atoms with van der Waals surface area (Å²) in [7, 11) is 0. The molecule has 1 aromatic heterocycles. The number of carbonyl (C=O) groups is 2. The van der Waals surface area contributed by atoms with Gasteiger partial charge in [0.15, 0.2) is 0 Å². The maximum absolute atomic E-state index is 13.6. The van der Waals surface area contributed by atoms with Crippen molar-refractivity contribution in [2.45, 2.75) is 40.8 Å². The number of carbonyl (C=O) groups excluding carboxylic acids is 2. The molecule has 3 aromatic rings. The molecule has 0 spiro atoms. The molecule has 0 aliphatic carbocycles. The summed E-state index contributed by atoms with van der Waals surface area (Å²) >= 11 is 12.7. The number of benzene rings is 2. The maximum atomic E-state index is 13.6. The van der Waals surface area contributed by atoms with E-state index in [0.717, 1.165) is 16.3 Å². The van der Waals surface area contributed by atoms with Gasteiger partial charge in [-0.25, -0.2) is 0 Å². The van der Waals surface area contributed by atoms with Crippen LogP contribution in [0.2, 0.25) is 10.0 Å². The Labute approximate surface area is 224 Å². The molecule has 0 bridgehead atoms. The molecule has 1 heterocycles. The van der Waals surface area contributed by atoms with Crippen LogP contribution < -0.4 is 0 Å². The Hall–Kier alpha value is -2.76. The minimum absolute atomic E-state index is 0.000177. The van der Waals surface area contributed by atoms with Crippen molar-refractivity contribution >= 4 is 35.0 Å². The Morgan fingerprint density at radius 3 is 2.06 bits per heavy atom. The molecule has 2 aromatic carbocycles. The first-order chi connectivity index (χ1) is 17.2. The van der Waals surface area contributed by atoms with E-state index in [1.54, 1.807) is 29.2 Å². The van der Waals surface area contributed by atoms with Crippen LogP contribution in [-0.4, -0.2) is 45.8 Å². The maximum Gasteiger partial charge on any atom is 0.255 e. The van der Waals surface area contributed by atoms with Gasteiger partial charge in [0.25, 0.3) is 5.91 Å². The first-order valence-corrected chi connectivity index (χ1v) is 13.1. The number of halogens is 2. The van der Waals surface area contributed by atoms with Crippen molar-refractivity contribution in [3.8, 4) is 0 Å². The second-order valence-electron chi connectivity index (χ2n) is 9.95. The lowest BCUT2D eigenvalue weighted by molar-refractivity contribution is -0.133. The van der Waals surface area contributed by atoms with E-state index in [4.69, 9.17) is 23.2 Å². The molecule has 0 saturated heterocycles. The van der Waals surface area contributed by atoms with Crippen LogP contribution >= 0.6 is 23.2 Å². The van der Waals surface area contributed by atoms with Gasteiger partial charge >= 0.3 is 0 Å². The molecule has 36 heavy (non-hydrogen) atoms. The number of rotatable bonds is 11. The molecule has 0 atom stereocenters. The van der Waals surface area contributed by atoms with E-state index in [1.165, 1.54) is 0 Å². The number of hydrogen-bond acceptors (Lipinski definition) is 2. The molecule has 7 heteroatoms. The van der Waals surface area contributed by atoms with Crippen LogP contribution in [0.4, 0.5) is 0 Å². The van der Waals surface area contributed by atoms with Gasteiger partial charge in [-0.15, -0.1) is 0 Å². The summed E-state index contributed by atoms with van der Waals surface area (Å²) < 4.78 is 2.11. The lowest BCUT2D eigenvalue weighted by Gasteiger charge is -2.30. The van der Waals surface area contributed by atoms with E-state index < -0.39 is 0 Å². The molecule has 5 nitrogen and oxygen atoms in total. The van der Waals surface area contributed by atoms with E-state index in [0.29, 0.717) is 36.8 Å². The second-order valence-corrected chi connectivity index (χ2v) is 10.8. The fourth-order valence-electron chi connectivity index (χ4n) is 4.18. The molecule has 0 unspecified atom stereocenters. The number of hydrogen-bond donors (Lipinski definition) is 0. The van der Waals surface area contributed by atoms with Crippen LogP contribution in [0.3, 0.4) is 0 Å². The lowest BCUT2D eigenvalue weighted by Crippen LogP contribution is -2.45. The Kier molecular flexibility index (Phi) is 10.0. The van der Waals surface area contributed by atoms with Gasteiger partial charge in [0, 0.05) is 36.5 Å². The van der Waals surface area contributed by atoms with E-state index in [2.05, 4.69) is 18.4 Å². The van der Waals surface area contributed by atoms with Gasteiger partial charge < -0.3 is 14.4 Å². The number of aromatic nitrogens is 1. The SMILES string of the molecule is CC(C)CN(Cc1cccn1Cc1ccccc1Cl)C(=O)CN(CC(C)C)C(=O)c1ccccc1Cl. The normalized spacial score (nSPS) is 11.2. The average molecular weight is 529 g/mol. The fraction of sp³-hybridized carbons (Fsp3) is 0.379. The highest BCUT2D eigenvalue weighted by Gasteiger charge is 2.25. The lowest BCUT2D eigenvalue weighted by atomic mass is 10.1. The van der Waals surface area contributed by atoms with Crippen molar-refractivity contribution in [2.24, 2.45) is 11.8 Å². The van der Waals surface area contributed by atoms with Gasteiger partial charge in [-0.3, -0.25) is 9.59 Å². The predicted molar refractivity (Wildman–Crippen MR) is 147 cm³/mol. The van der Waals surface area contributed by atoms with Crippen LogP contribution in [0, 0.1) is 11.8 Å². The third-order valence-electron chi connectivity index (χ3n) is 5.82. The van der Waals surface area contributed by atoms with Gasteiger partial charge in [-0.1, -0.05) is 81.2 Å². The predicted octanol–water partition coefficient (Wildman–Crippen LogP) is 6.63. The van der Waals surface area contributed by atoms with Crippen molar-refractivity contribution in [1.29, 1.82) is 0 Å². The Bertz CT molecular complexity index is 1170. The highest BCUT2D eigenvalue weighted by molar-refractivity contribution is 6.33. The smallest absolute Gasteiger partial charge is 0.255 e. The molecule has 0 aliphatic rings. The Morgan fingerprint density at radius 2 is 1.42 bits per heavy atom. The molecular weight excluding hydrogens is 493 g/mol. The molecule has 0 fully saturated rings. The molecule has 2 amide bonds. The second kappa shape index (κ2) is 13.0. The number of nitrogens with zero attached hydrogens (tertiary/aromatic N) is 3. The summed E-state index contributed by atoms with van der Waals surface area (Å²) in [6, 6.07) is 18.8. The largest absolute Gasteiger partial charge is 0.345 e. The van der Waals surface area contributed by atoms with Crippen LogP contribution in [0.5, 0.6) is 0 Å². The zero-order chi connectivity index (χ0) is 26.2. The Morgan fingerprint density at radius 1 is 0.806 bits per heavy atom. The standard InChI is InChI=1S/C29H35Cl2N3O2/c1-21(2)16-33(19-24-11-9-15-32(24)18-23-10-5-7-13-26(23)30)28(35)20-34(17-22(3)4)29(36)25-12-6-8-14-27(25)31/h5-15,21-22H,16-20H2,1-4H3. The van der Waals surface area contributed by atoms with Crippen molar-refractivity contribution < 1.29 is 9.59 Å². The summed E-state index contributed by atoms with van der Waals surface area (Å²) in [5.41, 5.74) is 2.44. The summed E-state index contributed by atoms with van der Waals surface area (Å²) in [5.74, 6) is 0.166. The molecule has 0 aliphatic heterocycles. The highest BCUT2D eigenvalue weighted by atomic mass is 35.5. The molecule has 192 valence electrons.